The molecule has 0 amide bonds. The van der Waals surface area contributed by atoms with E-state index < -0.39 is 0 Å². The fraction of sp³-hybridized carbons (Fsp3) is 0.182. The molecule has 0 unspecified atom stereocenters. The fourth-order valence-corrected chi connectivity index (χ4v) is 1.59. The van der Waals surface area contributed by atoms with Crippen molar-refractivity contribution in [3.8, 4) is 0 Å². The number of rotatable bonds is 4. The Hall–Kier alpha value is -1.09. The third-order valence-electron chi connectivity index (χ3n) is 1.87. The summed E-state index contributed by atoms with van der Waals surface area (Å²) in [6.45, 7) is 3.58. The Bertz CT molecular complexity index is 360. The number of halogens is 1. The molecule has 1 aromatic rings. The second kappa shape index (κ2) is 4.96. The first-order valence-electron chi connectivity index (χ1n) is 4.34. The van der Waals surface area contributed by atoms with E-state index in [0.29, 0.717) is 24.1 Å². The maximum absolute atomic E-state index is 11.6. The molecule has 0 atom stereocenters. The Labute approximate surface area is 91.9 Å². The average molecular weight is 254 g/mol. The van der Waals surface area contributed by atoms with E-state index in [-0.39, 0.29) is 5.78 Å². The van der Waals surface area contributed by atoms with Crippen molar-refractivity contribution in [3.63, 3.8) is 0 Å². The predicted octanol–water partition coefficient (Wildman–Crippen LogP) is 3.18. The van der Waals surface area contributed by atoms with Gasteiger partial charge in [0, 0.05) is 22.1 Å². The molecule has 2 nitrogen and oxygen atoms in total. The van der Waals surface area contributed by atoms with Gasteiger partial charge in [0.15, 0.2) is 5.78 Å². The highest BCUT2D eigenvalue weighted by Crippen LogP contribution is 2.21. The topological polar surface area (TPSA) is 43.1 Å². The van der Waals surface area contributed by atoms with E-state index in [1.54, 1.807) is 24.3 Å². The zero-order chi connectivity index (χ0) is 10.6. The van der Waals surface area contributed by atoms with E-state index in [9.17, 15) is 4.79 Å². The lowest BCUT2D eigenvalue weighted by Crippen LogP contribution is -2.00. The van der Waals surface area contributed by atoms with Crippen LogP contribution in [0.2, 0.25) is 0 Å². The number of ketones is 1. The molecule has 0 fully saturated rings. The van der Waals surface area contributed by atoms with Gasteiger partial charge in [0.1, 0.15) is 0 Å². The molecule has 0 aliphatic rings. The highest BCUT2D eigenvalue weighted by molar-refractivity contribution is 9.10. The van der Waals surface area contributed by atoms with Gasteiger partial charge in [-0.3, -0.25) is 4.79 Å². The lowest BCUT2D eigenvalue weighted by molar-refractivity contribution is 0.0983. The van der Waals surface area contributed by atoms with Gasteiger partial charge in [-0.05, 0) is 24.6 Å². The van der Waals surface area contributed by atoms with Crippen molar-refractivity contribution in [3.05, 3.63) is 40.9 Å². The first kappa shape index (κ1) is 11.0. The average Bonchev–Trinajstić information content (AvgIpc) is 2.18. The summed E-state index contributed by atoms with van der Waals surface area (Å²) < 4.78 is 0.792. The third-order valence-corrected chi connectivity index (χ3v) is 2.56. The predicted molar refractivity (Wildman–Crippen MR) is 62.3 cm³/mol. The second-order valence-corrected chi connectivity index (χ2v) is 3.84. The molecule has 0 saturated heterocycles. The zero-order valence-corrected chi connectivity index (χ0v) is 9.38. The van der Waals surface area contributed by atoms with E-state index in [1.165, 1.54) is 0 Å². The van der Waals surface area contributed by atoms with Crippen LogP contribution >= 0.6 is 15.9 Å². The van der Waals surface area contributed by atoms with Crippen LogP contribution in [-0.2, 0) is 0 Å². The van der Waals surface area contributed by atoms with E-state index in [2.05, 4.69) is 22.5 Å². The molecule has 0 heterocycles. The Morgan fingerprint density at radius 3 is 2.93 bits per heavy atom. The Morgan fingerprint density at radius 1 is 1.57 bits per heavy atom. The van der Waals surface area contributed by atoms with Gasteiger partial charge in [0.2, 0.25) is 0 Å². The lowest BCUT2D eigenvalue weighted by Gasteiger charge is -2.03. The number of hydrogen-bond donors (Lipinski definition) is 1. The van der Waals surface area contributed by atoms with Gasteiger partial charge in [0.25, 0.3) is 0 Å². The van der Waals surface area contributed by atoms with Crippen molar-refractivity contribution in [2.75, 3.05) is 5.73 Å². The van der Waals surface area contributed by atoms with Gasteiger partial charge in [-0.2, -0.15) is 0 Å². The van der Waals surface area contributed by atoms with Gasteiger partial charge in [-0.15, -0.1) is 6.58 Å². The molecule has 3 heteroatoms. The van der Waals surface area contributed by atoms with E-state index in [1.807, 2.05) is 0 Å². The quantitative estimate of drug-likeness (QED) is 0.509. The van der Waals surface area contributed by atoms with Crippen molar-refractivity contribution in [1.29, 1.82) is 0 Å². The number of carbonyl (C=O) groups excluding carboxylic acids is 1. The van der Waals surface area contributed by atoms with Crippen molar-refractivity contribution in [1.82, 2.24) is 0 Å². The number of benzene rings is 1. The van der Waals surface area contributed by atoms with Gasteiger partial charge < -0.3 is 5.73 Å². The van der Waals surface area contributed by atoms with Crippen LogP contribution in [0.5, 0.6) is 0 Å². The Kier molecular flexibility index (Phi) is 3.89. The monoisotopic (exact) mass is 253 g/mol. The Balaban J connectivity index is 2.88. The molecule has 0 aromatic heterocycles. The normalized spacial score (nSPS) is 9.79. The minimum absolute atomic E-state index is 0.0871. The maximum Gasteiger partial charge on any atom is 0.164 e. The van der Waals surface area contributed by atoms with Crippen LogP contribution in [0.25, 0.3) is 0 Å². The molecule has 1 aromatic carbocycles. The summed E-state index contributed by atoms with van der Waals surface area (Å²) in [5.74, 6) is 0.0871. The number of allylic oxidation sites excluding steroid dienone is 1. The first-order chi connectivity index (χ1) is 6.65. The summed E-state index contributed by atoms with van der Waals surface area (Å²) in [5.41, 5.74) is 6.85. The number of anilines is 1. The summed E-state index contributed by atoms with van der Waals surface area (Å²) in [7, 11) is 0. The number of nitrogen functional groups attached to an aromatic ring is 1. The number of Topliss-reactive ketones (excluding diaryl/α,β-unsaturated/α-hetero) is 1. The fourth-order valence-electron chi connectivity index (χ4n) is 1.12. The minimum atomic E-state index is 0.0871. The van der Waals surface area contributed by atoms with Gasteiger partial charge in [0.05, 0.1) is 0 Å². The molecule has 74 valence electrons. The summed E-state index contributed by atoms with van der Waals surface area (Å²) in [4.78, 5) is 11.6. The highest BCUT2D eigenvalue weighted by Gasteiger charge is 2.08. The minimum Gasteiger partial charge on any atom is -0.399 e. The smallest absolute Gasteiger partial charge is 0.164 e. The first-order valence-corrected chi connectivity index (χ1v) is 5.13. The molecule has 0 radical (unpaired) electrons. The van der Waals surface area contributed by atoms with Crippen LogP contribution in [0.4, 0.5) is 5.69 Å². The number of carbonyl (C=O) groups is 1. The summed E-state index contributed by atoms with van der Waals surface area (Å²) in [6, 6.07) is 5.24. The van der Waals surface area contributed by atoms with Crippen LogP contribution < -0.4 is 5.73 Å². The highest BCUT2D eigenvalue weighted by atomic mass is 79.9. The molecule has 0 spiro atoms. The standard InChI is InChI=1S/C11H12BrNO/c1-2-3-4-11(14)9-7-8(13)5-6-10(9)12/h2,5-7H,1,3-4,13H2. The third kappa shape index (κ3) is 2.70. The van der Waals surface area contributed by atoms with Gasteiger partial charge >= 0.3 is 0 Å². The number of nitrogens with two attached hydrogens (primary N) is 1. The molecule has 2 N–H and O–H groups in total. The number of hydrogen-bond acceptors (Lipinski definition) is 2. The van der Waals surface area contributed by atoms with E-state index >= 15 is 0 Å². The van der Waals surface area contributed by atoms with Crippen molar-refractivity contribution in [2.24, 2.45) is 0 Å². The molecular formula is C11H12BrNO. The SMILES string of the molecule is C=CCCC(=O)c1cc(N)ccc1Br. The largest absolute Gasteiger partial charge is 0.399 e. The Morgan fingerprint density at radius 2 is 2.29 bits per heavy atom. The molecule has 0 saturated carbocycles. The van der Waals surface area contributed by atoms with Crippen LogP contribution in [-0.4, -0.2) is 5.78 Å². The van der Waals surface area contributed by atoms with Crippen molar-refractivity contribution < 1.29 is 4.79 Å². The van der Waals surface area contributed by atoms with Crippen molar-refractivity contribution in [2.45, 2.75) is 12.8 Å². The van der Waals surface area contributed by atoms with Gasteiger partial charge in [-0.1, -0.05) is 22.0 Å². The van der Waals surface area contributed by atoms with Gasteiger partial charge in [-0.25, -0.2) is 0 Å². The van der Waals surface area contributed by atoms with E-state index in [4.69, 9.17) is 5.73 Å². The van der Waals surface area contributed by atoms with Crippen molar-refractivity contribution >= 4 is 27.4 Å². The van der Waals surface area contributed by atoms with Crippen LogP contribution in [0.3, 0.4) is 0 Å². The molecular weight excluding hydrogens is 242 g/mol. The molecule has 0 bridgehead atoms. The van der Waals surface area contributed by atoms with E-state index in [0.717, 1.165) is 4.47 Å². The second-order valence-electron chi connectivity index (χ2n) is 2.99. The lowest BCUT2D eigenvalue weighted by atomic mass is 10.1. The zero-order valence-electron chi connectivity index (χ0n) is 7.79. The van der Waals surface area contributed by atoms with Crippen LogP contribution in [0, 0.1) is 0 Å². The molecule has 0 aliphatic carbocycles. The summed E-state index contributed by atoms with van der Waals surface area (Å²) >= 11 is 3.32. The van der Waals surface area contributed by atoms with Crippen LogP contribution in [0.1, 0.15) is 23.2 Å². The molecule has 0 aliphatic heterocycles. The van der Waals surface area contributed by atoms with Crippen LogP contribution in [0.15, 0.2) is 35.3 Å². The summed E-state index contributed by atoms with van der Waals surface area (Å²) in [6.07, 6.45) is 2.91. The maximum atomic E-state index is 11.6. The molecule has 14 heavy (non-hydrogen) atoms. The molecule has 1 rings (SSSR count). The summed E-state index contributed by atoms with van der Waals surface area (Å²) in [5, 5.41) is 0.